The lowest BCUT2D eigenvalue weighted by atomic mass is 9.98. The number of esters is 1. The zero-order valence-electron chi connectivity index (χ0n) is 15.7. The van der Waals surface area contributed by atoms with E-state index in [1.807, 2.05) is 12.1 Å². The number of carbonyl (C=O) groups excluding carboxylic acids is 2. The van der Waals surface area contributed by atoms with E-state index in [-0.39, 0.29) is 17.9 Å². The molecular formula is C21H22ClN3O3. The fourth-order valence-corrected chi connectivity index (χ4v) is 4.26. The molecule has 0 radical (unpaired) electrons. The minimum Gasteiger partial charge on any atom is -0.468 e. The lowest BCUT2D eigenvalue weighted by Gasteiger charge is -2.29. The van der Waals surface area contributed by atoms with Crippen LogP contribution < -0.4 is 4.90 Å². The topological polar surface area (TPSA) is 62.7 Å². The van der Waals surface area contributed by atoms with Gasteiger partial charge in [0.15, 0.2) is 0 Å². The van der Waals surface area contributed by atoms with Crippen LogP contribution in [-0.2, 0) is 22.5 Å². The Morgan fingerprint density at radius 3 is 2.96 bits per heavy atom. The maximum Gasteiger partial charge on any atom is 0.323 e. The van der Waals surface area contributed by atoms with Crippen LogP contribution in [-0.4, -0.2) is 48.0 Å². The van der Waals surface area contributed by atoms with E-state index in [1.54, 1.807) is 29.4 Å². The van der Waals surface area contributed by atoms with Gasteiger partial charge in [-0.15, -0.1) is 0 Å². The molecule has 6 nitrogen and oxygen atoms in total. The summed E-state index contributed by atoms with van der Waals surface area (Å²) in [5.74, 6) is -0.228. The third-order valence-electron chi connectivity index (χ3n) is 5.46. The summed E-state index contributed by atoms with van der Waals surface area (Å²) in [6.07, 6.45) is 6.03. The van der Waals surface area contributed by atoms with Crippen molar-refractivity contribution in [1.82, 2.24) is 9.88 Å². The number of halogens is 1. The number of anilines is 1. The Morgan fingerprint density at radius 2 is 2.14 bits per heavy atom. The lowest BCUT2D eigenvalue weighted by Crippen LogP contribution is -2.38. The van der Waals surface area contributed by atoms with Crippen LogP contribution in [0.15, 0.2) is 36.7 Å². The highest BCUT2D eigenvalue weighted by atomic mass is 35.5. The Kier molecular flexibility index (Phi) is 5.33. The van der Waals surface area contributed by atoms with Crippen LogP contribution in [0.3, 0.4) is 0 Å². The first-order valence-electron chi connectivity index (χ1n) is 9.43. The molecule has 0 bridgehead atoms. The summed E-state index contributed by atoms with van der Waals surface area (Å²) in [6.45, 7) is 2.04. The molecule has 1 fully saturated rings. The first kappa shape index (κ1) is 18.9. The molecule has 0 spiro atoms. The van der Waals surface area contributed by atoms with Gasteiger partial charge >= 0.3 is 5.97 Å². The normalized spacial score (nSPS) is 19.6. The minimum absolute atomic E-state index is 0.0366. The van der Waals surface area contributed by atoms with E-state index < -0.39 is 0 Å². The molecule has 0 saturated carbocycles. The molecule has 0 N–H and O–H groups in total. The molecule has 1 aromatic carbocycles. The van der Waals surface area contributed by atoms with Crippen molar-refractivity contribution in [3.63, 3.8) is 0 Å². The fourth-order valence-electron chi connectivity index (χ4n) is 4.06. The van der Waals surface area contributed by atoms with Crippen LogP contribution in [0, 0.1) is 0 Å². The zero-order valence-corrected chi connectivity index (χ0v) is 16.5. The molecule has 2 aliphatic rings. The van der Waals surface area contributed by atoms with Crippen molar-refractivity contribution in [2.75, 3.05) is 25.1 Å². The van der Waals surface area contributed by atoms with Gasteiger partial charge in [-0.25, -0.2) is 0 Å². The predicted molar refractivity (Wildman–Crippen MR) is 107 cm³/mol. The molecule has 2 aliphatic heterocycles. The van der Waals surface area contributed by atoms with Crippen molar-refractivity contribution in [2.45, 2.75) is 31.8 Å². The number of likely N-dealkylation sites (tertiary alicyclic amines) is 1. The van der Waals surface area contributed by atoms with Gasteiger partial charge in [0.25, 0.3) is 5.91 Å². The summed E-state index contributed by atoms with van der Waals surface area (Å²) >= 11 is 6.05. The van der Waals surface area contributed by atoms with Crippen molar-refractivity contribution in [3.8, 4) is 0 Å². The fraction of sp³-hybridized carbons (Fsp3) is 0.381. The Bertz CT molecular complexity index is 918. The first-order valence-corrected chi connectivity index (χ1v) is 9.80. The highest BCUT2D eigenvalue weighted by Gasteiger charge is 2.32. The molecule has 1 atom stereocenters. The highest BCUT2D eigenvalue weighted by Crippen LogP contribution is 2.28. The van der Waals surface area contributed by atoms with E-state index in [0.29, 0.717) is 23.7 Å². The first-order chi connectivity index (χ1) is 13.6. The number of ether oxygens (including phenoxy) is 1. The number of amides is 1. The van der Waals surface area contributed by atoms with Crippen molar-refractivity contribution in [3.05, 3.63) is 58.4 Å². The maximum atomic E-state index is 12.9. The molecule has 28 heavy (non-hydrogen) atoms. The predicted octanol–water partition coefficient (Wildman–Crippen LogP) is 3.08. The number of benzene rings is 1. The number of aromatic nitrogens is 1. The van der Waals surface area contributed by atoms with Crippen LogP contribution in [0.2, 0.25) is 5.02 Å². The number of pyridine rings is 1. The van der Waals surface area contributed by atoms with Gasteiger partial charge in [0.2, 0.25) is 0 Å². The summed E-state index contributed by atoms with van der Waals surface area (Å²) in [7, 11) is 1.42. The summed E-state index contributed by atoms with van der Waals surface area (Å²) in [5, 5.41) is 0.648. The molecular weight excluding hydrogens is 378 g/mol. The van der Waals surface area contributed by atoms with E-state index in [9.17, 15) is 9.59 Å². The number of nitrogens with zero attached hydrogens (tertiary/aromatic N) is 3. The number of carbonyl (C=O) groups is 2. The second-order valence-electron chi connectivity index (χ2n) is 7.21. The van der Waals surface area contributed by atoms with Gasteiger partial charge in [-0.05, 0) is 61.2 Å². The van der Waals surface area contributed by atoms with Crippen molar-refractivity contribution in [1.29, 1.82) is 0 Å². The average Bonchev–Trinajstić information content (AvgIpc) is 3.16. The van der Waals surface area contributed by atoms with Crippen LogP contribution in [0.25, 0.3) is 0 Å². The molecule has 1 aromatic heterocycles. The monoisotopic (exact) mass is 399 g/mol. The number of hydrogen-bond donors (Lipinski definition) is 0. The number of rotatable bonds is 4. The molecule has 0 aliphatic carbocycles. The summed E-state index contributed by atoms with van der Waals surface area (Å²) in [4.78, 5) is 33.1. The third kappa shape index (κ3) is 3.62. The summed E-state index contributed by atoms with van der Waals surface area (Å²) in [5.41, 5.74) is 3.42. The van der Waals surface area contributed by atoms with E-state index in [0.717, 1.165) is 42.6 Å². The summed E-state index contributed by atoms with van der Waals surface area (Å²) < 4.78 is 4.92. The molecule has 146 valence electrons. The molecule has 2 aromatic rings. The number of fused-ring (bicyclic) bond motifs is 1. The van der Waals surface area contributed by atoms with Gasteiger partial charge in [-0.3, -0.25) is 19.5 Å². The minimum atomic E-state index is -0.207. The second-order valence-corrected chi connectivity index (χ2v) is 7.65. The van der Waals surface area contributed by atoms with Gasteiger partial charge in [-0.1, -0.05) is 11.6 Å². The Labute approximate surface area is 169 Å². The highest BCUT2D eigenvalue weighted by molar-refractivity contribution is 6.30. The third-order valence-corrected chi connectivity index (χ3v) is 5.70. The van der Waals surface area contributed by atoms with E-state index in [4.69, 9.17) is 16.3 Å². The Morgan fingerprint density at radius 1 is 1.29 bits per heavy atom. The van der Waals surface area contributed by atoms with E-state index in [1.165, 1.54) is 7.11 Å². The van der Waals surface area contributed by atoms with Gasteiger partial charge in [0.05, 0.1) is 19.0 Å². The van der Waals surface area contributed by atoms with Gasteiger partial charge in [0, 0.05) is 29.9 Å². The molecule has 1 saturated heterocycles. The molecule has 4 rings (SSSR count). The number of hydrogen-bond acceptors (Lipinski definition) is 5. The van der Waals surface area contributed by atoms with E-state index >= 15 is 0 Å². The number of methoxy groups -OCH3 is 1. The van der Waals surface area contributed by atoms with Crippen molar-refractivity contribution in [2.24, 2.45) is 0 Å². The van der Waals surface area contributed by atoms with Crippen LogP contribution in [0.5, 0.6) is 0 Å². The van der Waals surface area contributed by atoms with Gasteiger partial charge < -0.3 is 9.64 Å². The van der Waals surface area contributed by atoms with Crippen LogP contribution in [0.1, 0.15) is 34.3 Å². The molecule has 0 unspecified atom stereocenters. The van der Waals surface area contributed by atoms with Crippen LogP contribution >= 0.6 is 11.6 Å². The zero-order chi connectivity index (χ0) is 19.7. The van der Waals surface area contributed by atoms with Crippen molar-refractivity contribution >= 4 is 29.2 Å². The van der Waals surface area contributed by atoms with Crippen LogP contribution in [0.4, 0.5) is 5.69 Å². The van der Waals surface area contributed by atoms with E-state index in [2.05, 4.69) is 9.88 Å². The molecule has 1 amide bonds. The molecule has 7 heteroatoms. The van der Waals surface area contributed by atoms with Gasteiger partial charge in [0.1, 0.15) is 6.04 Å². The standard InChI is InChI=1S/C21H22ClN3O3/c1-28-21(27)19-3-2-7-24(19)13-14-9-17(12-23-11-14)25-8-6-15-10-16(22)4-5-18(15)20(25)26/h4-5,9-12,19H,2-3,6-8,13H2,1H3/t19-/m0/s1. The van der Waals surface area contributed by atoms with Crippen molar-refractivity contribution < 1.29 is 14.3 Å². The average molecular weight is 400 g/mol. The largest absolute Gasteiger partial charge is 0.468 e. The quantitative estimate of drug-likeness (QED) is 0.739. The Hall–Kier alpha value is -2.44. The second kappa shape index (κ2) is 7.89. The maximum absolute atomic E-state index is 12.9. The Balaban J connectivity index is 1.54. The smallest absolute Gasteiger partial charge is 0.323 e. The summed E-state index contributed by atoms with van der Waals surface area (Å²) in [6, 6.07) is 7.17. The SMILES string of the molecule is COC(=O)[C@@H]1CCCN1Cc1cncc(N2CCc3cc(Cl)ccc3C2=O)c1. The molecule has 3 heterocycles. The lowest BCUT2D eigenvalue weighted by molar-refractivity contribution is -0.146. The van der Waals surface area contributed by atoms with Gasteiger partial charge in [-0.2, -0.15) is 0 Å².